The highest BCUT2D eigenvalue weighted by Crippen LogP contribution is 2.10. The number of nitrogens with zero attached hydrogens (tertiary/aromatic N) is 1. The summed E-state index contributed by atoms with van der Waals surface area (Å²) >= 11 is 0. The highest BCUT2D eigenvalue weighted by atomic mass is 14.9. The van der Waals surface area contributed by atoms with Crippen LogP contribution in [-0.2, 0) is 0 Å². The van der Waals surface area contributed by atoms with Gasteiger partial charge in [0.25, 0.3) is 0 Å². The topological polar surface area (TPSA) is 28.7 Å². The van der Waals surface area contributed by atoms with Gasteiger partial charge in [0.2, 0.25) is 0 Å². The molecule has 1 heterocycles. The number of aromatic nitrogens is 2. The number of nitrogens with one attached hydrogen (secondary N) is 1. The maximum absolute atomic E-state index is 4.26. The highest BCUT2D eigenvalue weighted by Gasteiger charge is 2.01. The summed E-state index contributed by atoms with van der Waals surface area (Å²) in [7, 11) is 0. The van der Waals surface area contributed by atoms with E-state index in [0.717, 1.165) is 11.5 Å². The number of H-pyrrole nitrogens is 1. The van der Waals surface area contributed by atoms with Crippen LogP contribution >= 0.6 is 0 Å². The summed E-state index contributed by atoms with van der Waals surface area (Å²) in [5.74, 6) is 1.50. The van der Waals surface area contributed by atoms with Crippen molar-refractivity contribution in [1.82, 2.24) is 9.97 Å². The molecule has 0 saturated carbocycles. The quantitative estimate of drug-likeness (QED) is 0.704. The first kappa shape index (κ1) is 9.78. The van der Waals surface area contributed by atoms with E-state index in [0.29, 0.717) is 5.92 Å². The van der Waals surface area contributed by atoms with Gasteiger partial charge in [-0.05, 0) is 13.0 Å². The molecule has 0 bridgehead atoms. The van der Waals surface area contributed by atoms with Gasteiger partial charge in [-0.3, -0.25) is 0 Å². The fourth-order valence-corrected chi connectivity index (χ4v) is 1.000. The largest absolute Gasteiger partial charge is 0.342 e. The van der Waals surface area contributed by atoms with Crippen LogP contribution in [0.2, 0.25) is 0 Å². The summed E-state index contributed by atoms with van der Waals surface area (Å²) < 4.78 is 0. The molecule has 13 heavy (non-hydrogen) atoms. The number of hydrogen-bond acceptors (Lipinski definition) is 1. The molecular weight excluding hydrogens is 160 g/mol. The van der Waals surface area contributed by atoms with Crippen molar-refractivity contribution in [2.75, 3.05) is 0 Å². The van der Waals surface area contributed by atoms with Crippen LogP contribution in [0.1, 0.15) is 38.2 Å². The van der Waals surface area contributed by atoms with Gasteiger partial charge >= 0.3 is 0 Å². The summed E-state index contributed by atoms with van der Waals surface area (Å²) in [5.41, 5.74) is 1.06. The fraction of sp³-hybridized carbons (Fsp3) is 0.364. The van der Waals surface area contributed by atoms with Crippen LogP contribution < -0.4 is 0 Å². The first-order valence-electron chi connectivity index (χ1n) is 4.58. The number of rotatable bonds is 3. The summed E-state index contributed by atoms with van der Waals surface area (Å²) in [6.45, 7) is 6.24. The Morgan fingerprint density at radius 3 is 2.69 bits per heavy atom. The van der Waals surface area contributed by atoms with Crippen LogP contribution in [0.3, 0.4) is 0 Å². The van der Waals surface area contributed by atoms with Gasteiger partial charge in [-0.2, -0.15) is 0 Å². The molecule has 0 radical (unpaired) electrons. The number of aromatic amines is 1. The third-order valence-corrected chi connectivity index (χ3v) is 1.74. The van der Waals surface area contributed by atoms with Gasteiger partial charge in [-0.1, -0.05) is 32.1 Å². The molecule has 1 aromatic heterocycles. The van der Waals surface area contributed by atoms with Gasteiger partial charge in [0.05, 0.1) is 11.9 Å². The van der Waals surface area contributed by atoms with E-state index in [1.807, 2.05) is 37.4 Å². The summed E-state index contributed by atoms with van der Waals surface area (Å²) in [4.78, 5) is 7.50. The van der Waals surface area contributed by atoms with Crippen LogP contribution in [0, 0.1) is 0 Å². The zero-order valence-corrected chi connectivity index (χ0v) is 8.41. The Labute approximate surface area is 79.4 Å². The minimum absolute atomic E-state index is 0.462. The zero-order valence-electron chi connectivity index (χ0n) is 8.41. The Morgan fingerprint density at radius 1 is 1.38 bits per heavy atom. The third kappa shape index (κ3) is 2.90. The Hall–Kier alpha value is -1.31. The molecule has 2 nitrogen and oxygen atoms in total. The van der Waals surface area contributed by atoms with Crippen LogP contribution in [0.4, 0.5) is 0 Å². The molecule has 0 aliphatic heterocycles. The standard InChI is InChI=1S/C11H16N2/c1-4-5-6-7-10-8-12-11(13-10)9(2)3/h4-9H,1-3H3,(H,12,13)/b5-4-,7-6-. The first-order chi connectivity index (χ1) is 6.24. The lowest BCUT2D eigenvalue weighted by atomic mass is 10.2. The molecule has 0 atom stereocenters. The zero-order chi connectivity index (χ0) is 9.68. The molecule has 0 aromatic carbocycles. The predicted molar refractivity (Wildman–Crippen MR) is 56.5 cm³/mol. The molecule has 0 saturated heterocycles. The van der Waals surface area contributed by atoms with Gasteiger partial charge in [-0.25, -0.2) is 4.98 Å². The van der Waals surface area contributed by atoms with Crippen molar-refractivity contribution in [3.8, 4) is 0 Å². The summed E-state index contributed by atoms with van der Waals surface area (Å²) in [5, 5.41) is 0. The van der Waals surface area contributed by atoms with E-state index in [-0.39, 0.29) is 0 Å². The SMILES string of the molecule is C/C=C\C=C/c1cnc(C(C)C)[nH]1. The van der Waals surface area contributed by atoms with Gasteiger partial charge in [0.1, 0.15) is 5.82 Å². The van der Waals surface area contributed by atoms with Crippen LogP contribution in [0.5, 0.6) is 0 Å². The van der Waals surface area contributed by atoms with E-state index in [2.05, 4.69) is 23.8 Å². The Bertz CT molecular complexity index is 306. The van der Waals surface area contributed by atoms with Crippen molar-refractivity contribution in [3.63, 3.8) is 0 Å². The molecule has 1 rings (SSSR count). The Morgan fingerprint density at radius 2 is 2.15 bits per heavy atom. The average molecular weight is 176 g/mol. The molecule has 70 valence electrons. The monoisotopic (exact) mass is 176 g/mol. The normalized spacial score (nSPS) is 12.3. The lowest BCUT2D eigenvalue weighted by molar-refractivity contribution is 0.793. The minimum Gasteiger partial charge on any atom is -0.342 e. The second-order valence-corrected chi connectivity index (χ2v) is 3.26. The molecule has 0 amide bonds. The maximum atomic E-state index is 4.26. The fourth-order valence-electron chi connectivity index (χ4n) is 1.000. The van der Waals surface area contributed by atoms with E-state index in [9.17, 15) is 0 Å². The number of allylic oxidation sites excluding steroid dienone is 3. The molecule has 0 fully saturated rings. The molecule has 0 unspecified atom stereocenters. The summed E-state index contributed by atoms with van der Waals surface area (Å²) in [6, 6.07) is 0. The minimum atomic E-state index is 0.462. The first-order valence-corrected chi connectivity index (χ1v) is 4.58. The van der Waals surface area contributed by atoms with E-state index in [1.54, 1.807) is 0 Å². The van der Waals surface area contributed by atoms with E-state index >= 15 is 0 Å². The van der Waals surface area contributed by atoms with Crippen LogP contribution in [-0.4, -0.2) is 9.97 Å². The van der Waals surface area contributed by atoms with E-state index in [4.69, 9.17) is 0 Å². The predicted octanol–water partition coefficient (Wildman–Crippen LogP) is 3.12. The van der Waals surface area contributed by atoms with E-state index in [1.165, 1.54) is 0 Å². The smallest absolute Gasteiger partial charge is 0.109 e. The van der Waals surface area contributed by atoms with Gasteiger partial charge in [-0.15, -0.1) is 0 Å². The molecule has 1 N–H and O–H groups in total. The maximum Gasteiger partial charge on any atom is 0.109 e. The number of hydrogen-bond donors (Lipinski definition) is 1. The molecule has 0 aliphatic rings. The Balaban J connectivity index is 2.69. The van der Waals surface area contributed by atoms with Crippen molar-refractivity contribution < 1.29 is 0 Å². The second kappa shape index (κ2) is 4.65. The highest BCUT2D eigenvalue weighted by molar-refractivity contribution is 5.45. The third-order valence-electron chi connectivity index (χ3n) is 1.74. The van der Waals surface area contributed by atoms with Crippen LogP contribution in [0.25, 0.3) is 6.08 Å². The molecule has 2 heteroatoms. The van der Waals surface area contributed by atoms with Crippen molar-refractivity contribution in [3.05, 3.63) is 35.9 Å². The van der Waals surface area contributed by atoms with E-state index < -0.39 is 0 Å². The lowest BCUT2D eigenvalue weighted by Gasteiger charge is -1.96. The molecule has 0 spiro atoms. The van der Waals surface area contributed by atoms with Crippen molar-refractivity contribution in [2.24, 2.45) is 0 Å². The van der Waals surface area contributed by atoms with Gasteiger partial charge < -0.3 is 4.98 Å². The number of imidazole rings is 1. The second-order valence-electron chi connectivity index (χ2n) is 3.26. The van der Waals surface area contributed by atoms with Crippen molar-refractivity contribution in [1.29, 1.82) is 0 Å². The van der Waals surface area contributed by atoms with Gasteiger partial charge in [0, 0.05) is 5.92 Å². The van der Waals surface area contributed by atoms with Crippen molar-refractivity contribution in [2.45, 2.75) is 26.7 Å². The Kier molecular flexibility index (Phi) is 3.50. The van der Waals surface area contributed by atoms with Crippen molar-refractivity contribution >= 4 is 6.08 Å². The van der Waals surface area contributed by atoms with Crippen LogP contribution in [0.15, 0.2) is 24.4 Å². The molecule has 1 aromatic rings. The average Bonchev–Trinajstić information content (AvgIpc) is 2.53. The molecular formula is C11H16N2. The van der Waals surface area contributed by atoms with Gasteiger partial charge in [0.15, 0.2) is 0 Å². The summed E-state index contributed by atoms with van der Waals surface area (Å²) in [6.07, 6.45) is 9.86. The lowest BCUT2D eigenvalue weighted by Crippen LogP contribution is -1.88. The molecule has 0 aliphatic carbocycles.